The van der Waals surface area contributed by atoms with Crippen molar-refractivity contribution in [3.63, 3.8) is 0 Å². The van der Waals surface area contributed by atoms with E-state index in [1.54, 1.807) is 6.33 Å². The van der Waals surface area contributed by atoms with Gasteiger partial charge in [-0.1, -0.05) is 0 Å². The Balaban J connectivity index is 1.19. The van der Waals surface area contributed by atoms with Crippen molar-refractivity contribution in [3.8, 4) is 17.1 Å². The molecule has 6 heterocycles. The lowest BCUT2D eigenvalue weighted by Crippen LogP contribution is -2.56. The maximum atomic E-state index is 11.6. The summed E-state index contributed by atoms with van der Waals surface area (Å²) in [4.78, 5) is 33.5. The quantitative estimate of drug-likeness (QED) is 0.566. The first-order chi connectivity index (χ1) is 16.6. The molecule has 0 unspecified atom stereocenters. The van der Waals surface area contributed by atoms with E-state index in [9.17, 15) is 4.79 Å². The van der Waals surface area contributed by atoms with Gasteiger partial charge in [0.2, 0.25) is 11.8 Å². The molecule has 10 heteroatoms. The average Bonchev–Trinajstić information content (AvgIpc) is 3.48. The third-order valence-corrected chi connectivity index (χ3v) is 7.16. The van der Waals surface area contributed by atoms with Crippen LogP contribution in [0, 0.1) is 5.92 Å². The number of nitrogens with zero attached hydrogens (tertiary/aromatic N) is 5. The summed E-state index contributed by atoms with van der Waals surface area (Å²) in [5.74, 6) is 1.64. The lowest BCUT2D eigenvalue weighted by molar-refractivity contribution is -0.119. The van der Waals surface area contributed by atoms with E-state index in [-0.39, 0.29) is 17.9 Å². The maximum Gasteiger partial charge on any atom is 0.243 e. The number of imidazole rings is 1. The Morgan fingerprint density at radius 1 is 1.18 bits per heavy atom. The Kier molecular flexibility index (Phi) is 5.54. The number of rotatable bonds is 6. The normalized spacial score (nSPS) is 22.6. The van der Waals surface area contributed by atoms with E-state index < -0.39 is 0 Å². The molecule has 0 bridgehead atoms. The number of carbonyl (C=O) groups is 1. The summed E-state index contributed by atoms with van der Waals surface area (Å²) < 4.78 is 11.5. The fraction of sp³-hybridized carbons (Fsp3) is 0.500. The molecule has 178 valence electrons. The minimum absolute atomic E-state index is 0.0664. The minimum atomic E-state index is -0.160. The van der Waals surface area contributed by atoms with Gasteiger partial charge in [0.15, 0.2) is 5.52 Å². The van der Waals surface area contributed by atoms with Gasteiger partial charge in [0, 0.05) is 56.8 Å². The molecule has 0 aliphatic carbocycles. The lowest BCUT2D eigenvalue weighted by atomic mass is 10.0. The van der Waals surface area contributed by atoms with E-state index in [0.717, 1.165) is 62.0 Å². The highest BCUT2D eigenvalue weighted by Crippen LogP contribution is 2.30. The molecule has 3 aliphatic heterocycles. The van der Waals surface area contributed by atoms with Crippen LogP contribution in [0.3, 0.4) is 0 Å². The Morgan fingerprint density at radius 3 is 2.71 bits per heavy atom. The summed E-state index contributed by atoms with van der Waals surface area (Å²) in [6, 6.07) is 6.68. The van der Waals surface area contributed by atoms with E-state index in [2.05, 4.69) is 37.2 Å². The fourth-order valence-electron chi connectivity index (χ4n) is 4.85. The Hall–Kier alpha value is -3.24. The largest absolute Gasteiger partial charge is 0.473 e. The highest BCUT2D eigenvalue weighted by molar-refractivity contribution is 5.84. The molecule has 3 saturated heterocycles. The molecule has 1 amide bonds. The topological polar surface area (TPSA) is 108 Å². The molecule has 6 rings (SSSR count). The molecule has 3 aromatic heterocycles. The number of piperazine rings is 1. The van der Waals surface area contributed by atoms with Gasteiger partial charge >= 0.3 is 0 Å². The molecule has 0 saturated carbocycles. The van der Waals surface area contributed by atoms with Crippen LogP contribution in [0.4, 0.5) is 5.82 Å². The van der Waals surface area contributed by atoms with E-state index in [1.165, 1.54) is 0 Å². The van der Waals surface area contributed by atoms with E-state index in [0.29, 0.717) is 30.4 Å². The van der Waals surface area contributed by atoms with Crippen LogP contribution >= 0.6 is 0 Å². The fourth-order valence-corrected chi connectivity index (χ4v) is 4.85. The van der Waals surface area contributed by atoms with Gasteiger partial charge in [-0.25, -0.2) is 15.0 Å². The zero-order valence-corrected chi connectivity index (χ0v) is 19.2. The van der Waals surface area contributed by atoms with E-state index >= 15 is 0 Å². The van der Waals surface area contributed by atoms with Crippen LogP contribution in [0.1, 0.15) is 13.3 Å². The van der Waals surface area contributed by atoms with Gasteiger partial charge in [-0.15, -0.1) is 0 Å². The van der Waals surface area contributed by atoms with Crippen LogP contribution in [-0.4, -0.2) is 88.8 Å². The van der Waals surface area contributed by atoms with Crippen molar-refractivity contribution >= 4 is 22.8 Å². The van der Waals surface area contributed by atoms with Crippen LogP contribution in [0.15, 0.2) is 30.7 Å². The third-order valence-electron chi connectivity index (χ3n) is 7.16. The minimum Gasteiger partial charge on any atom is -0.473 e. The van der Waals surface area contributed by atoms with Crippen molar-refractivity contribution in [1.29, 1.82) is 0 Å². The maximum absolute atomic E-state index is 11.6. The first-order valence-corrected chi connectivity index (χ1v) is 11.9. The van der Waals surface area contributed by atoms with E-state index in [4.69, 9.17) is 19.4 Å². The molecule has 0 spiro atoms. The molecular formula is C24H29N7O3. The second-order valence-corrected chi connectivity index (χ2v) is 9.32. The molecule has 34 heavy (non-hydrogen) atoms. The summed E-state index contributed by atoms with van der Waals surface area (Å²) in [6.07, 6.45) is 3.83. The Labute approximate surface area is 197 Å². The Bertz CT molecular complexity index is 1170. The SMILES string of the molecule is C[C@@H](Oc1nc(-c2ccc(N3CCN(C4COC4)CC3)nc2)cc2[nH]cnc12)[C@H]1CNC(=O)C1. The first-order valence-electron chi connectivity index (χ1n) is 11.9. The van der Waals surface area contributed by atoms with Crippen LogP contribution < -0.4 is 15.0 Å². The van der Waals surface area contributed by atoms with Gasteiger partial charge in [0.1, 0.15) is 11.9 Å². The number of ether oxygens (including phenoxy) is 2. The second kappa shape index (κ2) is 8.84. The van der Waals surface area contributed by atoms with Crippen LogP contribution in [0.25, 0.3) is 22.3 Å². The monoisotopic (exact) mass is 463 g/mol. The second-order valence-electron chi connectivity index (χ2n) is 9.32. The van der Waals surface area contributed by atoms with Crippen LogP contribution in [-0.2, 0) is 9.53 Å². The van der Waals surface area contributed by atoms with Crippen molar-refractivity contribution < 1.29 is 14.3 Å². The third kappa shape index (κ3) is 4.07. The predicted molar refractivity (Wildman–Crippen MR) is 127 cm³/mol. The zero-order valence-electron chi connectivity index (χ0n) is 19.2. The van der Waals surface area contributed by atoms with Gasteiger partial charge in [-0.05, 0) is 25.1 Å². The Morgan fingerprint density at radius 2 is 2.03 bits per heavy atom. The number of carbonyl (C=O) groups excluding carboxylic acids is 1. The molecule has 2 atom stereocenters. The van der Waals surface area contributed by atoms with Crippen molar-refractivity contribution in [2.24, 2.45) is 5.92 Å². The molecule has 10 nitrogen and oxygen atoms in total. The number of hydrogen-bond acceptors (Lipinski definition) is 8. The number of amides is 1. The first kappa shape index (κ1) is 21.3. The number of hydrogen-bond donors (Lipinski definition) is 2. The molecule has 2 N–H and O–H groups in total. The summed E-state index contributed by atoms with van der Waals surface area (Å²) in [6.45, 7) is 8.34. The number of nitrogens with one attached hydrogen (secondary N) is 2. The average molecular weight is 464 g/mol. The van der Waals surface area contributed by atoms with Crippen LogP contribution in [0.5, 0.6) is 5.88 Å². The highest BCUT2D eigenvalue weighted by Gasteiger charge is 2.30. The van der Waals surface area contributed by atoms with Crippen molar-refractivity contribution in [3.05, 3.63) is 30.7 Å². The summed E-state index contributed by atoms with van der Waals surface area (Å²) in [7, 11) is 0. The highest BCUT2D eigenvalue weighted by atomic mass is 16.5. The molecule has 3 fully saturated rings. The molecular weight excluding hydrogens is 434 g/mol. The number of fused-ring (bicyclic) bond motifs is 1. The van der Waals surface area contributed by atoms with E-state index in [1.807, 2.05) is 19.2 Å². The number of aromatic nitrogens is 4. The standard InChI is InChI=1S/C24H29N7O3/c1-15(17-8-22(32)26-11-17)34-24-23-20(27-14-28-23)9-19(29-24)16-2-3-21(25-10-16)31-6-4-30(5-7-31)18-12-33-13-18/h2-3,9-10,14-15,17-18H,4-8,11-13H2,1H3,(H,26,32)(H,27,28)/t15-,17-/m1/s1. The van der Waals surface area contributed by atoms with Crippen molar-refractivity contribution in [2.75, 3.05) is 50.8 Å². The number of anilines is 1. The van der Waals surface area contributed by atoms with Crippen LogP contribution in [0.2, 0.25) is 0 Å². The molecule has 0 aromatic carbocycles. The van der Waals surface area contributed by atoms with Gasteiger partial charge in [-0.2, -0.15) is 0 Å². The summed E-state index contributed by atoms with van der Waals surface area (Å²) >= 11 is 0. The number of H-pyrrole nitrogens is 1. The molecule has 3 aliphatic rings. The number of pyridine rings is 2. The van der Waals surface area contributed by atoms with Gasteiger partial charge in [0.05, 0.1) is 36.8 Å². The smallest absolute Gasteiger partial charge is 0.243 e. The molecule has 0 radical (unpaired) electrons. The summed E-state index contributed by atoms with van der Waals surface area (Å²) in [5.41, 5.74) is 3.23. The van der Waals surface area contributed by atoms with Gasteiger partial charge < -0.3 is 24.7 Å². The van der Waals surface area contributed by atoms with Crippen molar-refractivity contribution in [1.82, 2.24) is 30.2 Å². The van der Waals surface area contributed by atoms with Crippen molar-refractivity contribution in [2.45, 2.75) is 25.5 Å². The molecule has 3 aromatic rings. The van der Waals surface area contributed by atoms with Gasteiger partial charge in [0.25, 0.3) is 0 Å². The zero-order chi connectivity index (χ0) is 23.1. The predicted octanol–water partition coefficient (Wildman–Crippen LogP) is 1.44. The number of aromatic amines is 1. The lowest BCUT2D eigenvalue weighted by Gasteiger charge is -2.42. The van der Waals surface area contributed by atoms with Gasteiger partial charge in [-0.3, -0.25) is 9.69 Å². The summed E-state index contributed by atoms with van der Waals surface area (Å²) in [5, 5.41) is 2.87.